The summed E-state index contributed by atoms with van der Waals surface area (Å²) >= 11 is 0. The summed E-state index contributed by atoms with van der Waals surface area (Å²) in [6, 6.07) is 10.4. The summed E-state index contributed by atoms with van der Waals surface area (Å²) < 4.78 is 2.12. The zero-order valence-electron chi connectivity index (χ0n) is 14.1. The maximum atomic E-state index is 12.0. The van der Waals surface area contributed by atoms with Crippen molar-refractivity contribution in [3.05, 3.63) is 54.1 Å². The van der Waals surface area contributed by atoms with Crippen LogP contribution in [0.15, 0.2) is 42.7 Å². The Balaban J connectivity index is 1.42. The number of nitrogens with zero attached hydrogens (tertiary/aromatic N) is 2. The second-order valence-corrected chi connectivity index (χ2v) is 6.45. The Bertz CT molecular complexity index is 632. The van der Waals surface area contributed by atoms with Crippen LogP contribution in [0.25, 0.3) is 0 Å². The van der Waals surface area contributed by atoms with Crippen molar-refractivity contribution in [2.75, 3.05) is 13.1 Å². The molecule has 1 aromatic heterocycles. The minimum Gasteiger partial charge on any atom is -0.349 e. The van der Waals surface area contributed by atoms with Crippen molar-refractivity contribution in [2.45, 2.75) is 38.8 Å². The van der Waals surface area contributed by atoms with Crippen LogP contribution in [-0.2, 0) is 24.3 Å². The standard InChI is InChI=1S/C19H26N4O/c24-19(7-6-17-8-10-20-14-17)22-15-18-21-11-13-23(18)12-9-16-4-2-1-3-5-16/h1-5,11,13,17,20H,6-10,12,14-15H2,(H,22,24). The molecule has 0 bridgehead atoms. The molecule has 0 aliphatic carbocycles. The van der Waals surface area contributed by atoms with Gasteiger partial charge in [-0.3, -0.25) is 4.79 Å². The predicted octanol–water partition coefficient (Wildman–Crippen LogP) is 2.13. The predicted molar refractivity (Wildman–Crippen MR) is 94.4 cm³/mol. The molecule has 0 radical (unpaired) electrons. The van der Waals surface area contributed by atoms with Crippen molar-refractivity contribution >= 4 is 5.91 Å². The largest absolute Gasteiger partial charge is 0.349 e. The third kappa shape index (κ3) is 4.93. The highest BCUT2D eigenvalue weighted by Gasteiger charge is 2.15. The summed E-state index contributed by atoms with van der Waals surface area (Å²) in [5.74, 6) is 1.70. The van der Waals surface area contributed by atoms with E-state index in [0.717, 1.165) is 38.3 Å². The maximum absolute atomic E-state index is 12.0. The lowest BCUT2D eigenvalue weighted by atomic mass is 10.0. The quantitative estimate of drug-likeness (QED) is 0.781. The molecule has 5 heteroatoms. The van der Waals surface area contributed by atoms with Crippen LogP contribution < -0.4 is 10.6 Å². The number of carbonyl (C=O) groups is 1. The molecule has 1 saturated heterocycles. The fraction of sp³-hybridized carbons (Fsp3) is 0.474. The highest BCUT2D eigenvalue weighted by Crippen LogP contribution is 2.14. The summed E-state index contributed by atoms with van der Waals surface area (Å²) in [5, 5.41) is 6.35. The number of aromatic nitrogens is 2. The topological polar surface area (TPSA) is 59.0 Å². The number of amides is 1. The summed E-state index contributed by atoms with van der Waals surface area (Å²) in [7, 11) is 0. The Morgan fingerprint density at radius 1 is 1.33 bits per heavy atom. The number of hydrogen-bond donors (Lipinski definition) is 2. The van der Waals surface area contributed by atoms with Crippen LogP contribution in [0.4, 0.5) is 0 Å². The van der Waals surface area contributed by atoms with Gasteiger partial charge >= 0.3 is 0 Å². The average Bonchev–Trinajstić information content (AvgIpc) is 3.29. The van der Waals surface area contributed by atoms with Gasteiger partial charge in [0.1, 0.15) is 5.82 Å². The van der Waals surface area contributed by atoms with E-state index in [0.29, 0.717) is 18.9 Å². The Labute approximate surface area is 143 Å². The van der Waals surface area contributed by atoms with Gasteiger partial charge in [-0.25, -0.2) is 4.98 Å². The number of benzene rings is 1. The van der Waals surface area contributed by atoms with Crippen molar-refractivity contribution in [1.29, 1.82) is 0 Å². The first-order chi connectivity index (χ1) is 11.8. The Morgan fingerprint density at radius 2 is 2.21 bits per heavy atom. The minimum atomic E-state index is 0.125. The Kier molecular flexibility index (Phi) is 6.01. The SMILES string of the molecule is O=C(CCC1CCNC1)NCc1nccn1CCc1ccccc1. The van der Waals surface area contributed by atoms with Crippen LogP contribution in [0.5, 0.6) is 0 Å². The summed E-state index contributed by atoms with van der Waals surface area (Å²) in [4.78, 5) is 16.4. The molecule has 128 valence electrons. The number of aryl methyl sites for hydroxylation is 2. The van der Waals surface area contributed by atoms with Crippen molar-refractivity contribution in [3.8, 4) is 0 Å². The minimum absolute atomic E-state index is 0.125. The van der Waals surface area contributed by atoms with Crippen molar-refractivity contribution in [1.82, 2.24) is 20.2 Å². The van der Waals surface area contributed by atoms with E-state index in [1.807, 2.05) is 12.3 Å². The van der Waals surface area contributed by atoms with Crippen molar-refractivity contribution in [2.24, 2.45) is 5.92 Å². The van der Waals surface area contributed by atoms with E-state index in [9.17, 15) is 4.79 Å². The summed E-state index contributed by atoms with van der Waals surface area (Å²) in [6.07, 6.45) is 7.52. The van der Waals surface area contributed by atoms with Crippen LogP contribution in [0.3, 0.4) is 0 Å². The van der Waals surface area contributed by atoms with Gasteiger partial charge in [-0.05, 0) is 43.8 Å². The van der Waals surface area contributed by atoms with Crippen LogP contribution in [-0.4, -0.2) is 28.5 Å². The lowest BCUT2D eigenvalue weighted by molar-refractivity contribution is -0.121. The number of carbonyl (C=O) groups excluding carboxylic acids is 1. The molecule has 1 atom stereocenters. The molecular formula is C19H26N4O. The first-order valence-electron chi connectivity index (χ1n) is 8.82. The molecule has 0 saturated carbocycles. The highest BCUT2D eigenvalue weighted by atomic mass is 16.1. The molecule has 24 heavy (non-hydrogen) atoms. The van der Waals surface area contributed by atoms with E-state index in [-0.39, 0.29) is 5.91 Å². The van der Waals surface area contributed by atoms with Crippen molar-refractivity contribution in [3.63, 3.8) is 0 Å². The van der Waals surface area contributed by atoms with Crippen LogP contribution >= 0.6 is 0 Å². The monoisotopic (exact) mass is 326 g/mol. The summed E-state index contributed by atoms with van der Waals surface area (Å²) in [6.45, 7) is 3.52. The van der Waals surface area contributed by atoms with Gasteiger partial charge in [0.05, 0.1) is 6.54 Å². The molecule has 1 amide bonds. The van der Waals surface area contributed by atoms with E-state index in [4.69, 9.17) is 0 Å². The third-order valence-electron chi connectivity index (χ3n) is 4.67. The molecule has 2 N–H and O–H groups in total. The molecule has 1 aromatic carbocycles. The van der Waals surface area contributed by atoms with E-state index in [1.54, 1.807) is 6.20 Å². The fourth-order valence-corrected chi connectivity index (χ4v) is 3.17. The zero-order chi connectivity index (χ0) is 16.6. The Hall–Kier alpha value is -2.14. The molecule has 1 unspecified atom stereocenters. The third-order valence-corrected chi connectivity index (χ3v) is 4.67. The van der Waals surface area contributed by atoms with Crippen LogP contribution in [0, 0.1) is 5.92 Å². The van der Waals surface area contributed by atoms with Gasteiger partial charge in [0.15, 0.2) is 0 Å². The number of imidazole rings is 1. The molecule has 1 aliphatic heterocycles. The molecular weight excluding hydrogens is 300 g/mol. The van der Waals surface area contributed by atoms with Gasteiger partial charge in [0.2, 0.25) is 5.91 Å². The molecule has 2 aromatic rings. The van der Waals surface area contributed by atoms with Gasteiger partial charge in [0.25, 0.3) is 0 Å². The second kappa shape index (κ2) is 8.64. The molecule has 3 rings (SSSR count). The number of nitrogens with one attached hydrogen (secondary N) is 2. The number of rotatable bonds is 8. The van der Waals surface area contributed by atoms with Gasteiger partial charge in [-0.15, -0.1) is 0 Å². The molecule has 5 nitrogen and oxygen atoms in total. The first kappa shape index (κ1) is 16.7. The summed E-state index contributed by atoms with van der Waals surface area (Å²) in [5.41, 5.74) is 1.31. The van der Waals surface area contributed by atoms with Crippen molar-refractivity contribution < 1.29 is 4.79 Å². The lowest BCUT2D eigenvalue weighted by Gasteiger charge is -2.10. The zero-order valence-corrected chi connectivity index (χ0v) is 14.1. The fourth-order valence-electron chi connectivity index (χ4n) is 3.17. The van der Waals surface area contributed by atoms with Gasteiger partial charge in [-0.1, -0.05) is 30.3 Å². The number of hydrogen-bond acceptors (Lipinski definition) is 3. The smallest absolute Gasteiger partial charge is 0.220 e. The van der Waals surface area contributed by atoms with E-state index < -0.39 is 0 Å². The van der Waals surface area contributed by atoms with Gasteiger partial charge in [-0.2, -0.15) is 0 Å². The molecule has 1 fully saturated rings. The maximum Gasteiger partial charge on any atom is 0.220 e. The second-order valence-electron chi connectivity index (χ2n) is 6.45. The van der Waals surface area contributed by atoms with Crippen LogP contribution in [0.1, 0.15) is 30.7 Å². The lowest BCUT2D eigenvalue weighted by Crippen LogP contribution is -2.25. The van der Waals surface area contributed by atoms with Gasteiger partial charge in [0, 0.05) is 25.4 Å². The first-order valence-corrected chi connectivity index (χ1v) is 8.82. The van der Waals surface area contributed by atoms with E-state index >= 15 is 0 Å². The molecule has 0 spiro atoms. The molecule has 2 heterocycles. The highest BCUT2D eigenvalue weighted by molar-refractivity contribution is 5.75. The molecule has 1 aliphatic rings. The van der Waals surface area contributed by atoms with Crippen LogP contribution in [0.2, 0.25) is 0 Å². The normalized spacial score (nSPS) is 17.1. The average molecular weight is 326 g/mol. The van der Waals surface area contributed by atoms with Gasteiger partial charge < -0.3 is 15.2 Å². The van der Waals surface area contributed by atoms with E-state index in [1.165, 1.54) is 12.0 Å². The Morgan fingerprint density at radius 3 is 3.00 bits per heavy atom. The van der Waals surface area contributed by atoms with E-state index in [2.05, 4.69) is 44.5 Å².